The van der Waals surface area contributed by atoms with Gasteiger partial charge in [0, 0.05) is 24.5 Å². The second-order valence-electron chi connectivity index (χ2n) is 6.64. The number of nitrogens with one attached hydrogen (secondary N) is 1. The first-order valence-electron chi connectivity index (χ1n) is 7.79. The topological polar surface area (TPSA) is 58.4 Å². The first-order chi connectivity index (χ1) is 9.06. The van der Waals surface area contributed by atoms with Crippen LogP contribution in [0, 0.1) is 11.8 Å². The Morgan fingerprint density at radius 1 is 1.32 bits per heavy atom. The predicted octanol–water partition coefficient (Wildman–Crippen LogP) is 1.35. The Balaban J connectivity index is 1.77. The number of nitrogens with two attached hydrogens (primary N) is 1. The van der Waals surface area contributed by atoms with Crippen molar-refractivity contribution in [2.75, 3.05) is 20.1 Å². The smallest absolute Gasteiger partial charge is 0.223 e. The molecular formula is C15H29N3O. The van der Waals surface area contributed by atoms with Crippen molar-refractivity contribution in [3.8, 4) is 0 Å². The molecule has 0 aromatic carbocycles. The van der Waals surface area contributed by atoms with Crippen molar-refractivity contribution in [3.63, 3.8) is 0 Å². The van der Waals surface area contributed by atoms with E-state index >= 15 is 0 Å². The van der Waals surface area contributed by atoms with Crippen LogP contribution in [0.4, 0.5) is 0 Å². The number of carbonyl (C=O) groups is 1. The molecule has 0 aromatic rings. The maximum Gasteiger partial charge on any atom is 0.223 e. The summed E-state index contributed by atoms with van der Waals surface area (Å²) >= 11 is 0. The standard InChI is InChI=1S/C15H29N3O/c1-11-7-12(9-13(16)8-11)15(19)17-10-14-5-3-4-6-18(14)2/h11-14H,3-10,16H2,1-2H3,(H,17,19). The summed E-state index contributed by atoms with van der Waals surface area (Å²) in [5.41, 5.74) is 6.03. The average molecular weight is 267 g/mol. The molecule has 1 saturated carbocycles. The Morgan fingerprint density at radius 3 is 2.79 bits per heavy atom. The minimum Gasteiger partial charge on any atom is -0.354 e. The molecular weight excluding hydrogens is 238 g/mol. The van der Waals surface area contributed by atoms with Gasteiger partial charge in [-0.2, -0.15) is 0 Å². The Morgan fingerprint density at radius 2 is 2.11 bits per heavy atom. The van der Waals surface area contributed by atoms with E-state index in [2.05, 4.69) is 24.2 Å². The molecule has 1 aliphatic carbocycles. The fraction of sp³-hybridized carbons (Fsp3) is 0.933. The van der Waals surface area contributed by atoms with Crippen LogP contribution in [0.15, 0.2) is 0 Å². The number of hydrogen-bond acceptors (Lipinski definition) is 3. The molecule has 1 amide bonds. The van der Waals surface area contributed by atoms with Gasteiger partial charge in [0.2, 0.25) is 5.91 Å². The average Bonchev–Trinajstić information content (AvgIpc) is 2.36. The summed E-state index contributed by atoms with van der Waals surface area (Å²) in [6.07, 6.45) is 6.70. The maximum absolute atomic E-state index is 12.3. The number of amides is 1. The molecule has 1 saturated heterocycles. The van der Waals surface area contributed by atoms with E-state index in [1.807, 2.05) is 0 Å². The molecule has 2 aliphatic rings. The van der Waals surface area contributed by atoms with Gasteiger partial charge in [-0.3, -0.25) is 4.79 Å². The fourth-order valence-corrected chi connectivity index (χ4v) is 3.64. The van der Waals surface area contributed by atoms with Crippen LogP contribution < -0.4 is 11.1 Å². The molecule has 0 spiro atoms. The Labute approximate surface area is 117 Å². The number of likely N-dealkylation sites (N-methyl/N-ethyl adjacent to an activating group) is 1. The zero-order chi connectivity index (χ0) is 13.8. The van der Waals surface area contributed by atoms with Gasteiger partial charge in [0.1, 0.15) is 0 Å². The van der Waals surface area contributed by atoms with Crippen molar-refractivity contribution in [2.24, 2.45) is 17.6 Å². The van der Waals surface area contributed by atoms with Crippen molar-refractivity contribution in [3.05, 3.63) is 0 Å². The number of rotatable bonds is 3. The van der Waals surface area contributed by atoms with Gasteiger partial charge in [0.25, 0.3) is 0 Å². The van der Waals surface area contributed by atoms with Crippen LogP contribution in [0.2, 0.25) is 0 Å². The van der Waals surface area contributed by atoms with Crippen LogP contribution in [0.5, 0.6) is 0 Å². The highest BCUT2D eigenvalue weighted by atomic mass is 16.1. The molecule has 2 fully saturated rings. The SMILES string of the molecule is CC1CC(N)CC(C(=O)NCC2CCCCN2C)C1. The lowest BCUT2D eigenvalue weighted by Crippen LogP contribution is -2.47. The van der Waals surface area contributed by atoms with Crippen LogP contribution in [0.25, 0.3) is 0 Å². The third kappa shape index (κ3) is 4.18. The van der Waals surface area contributed by atoms with E-state index in [4.69, 9.17) is 5.73 Å². The van der Waals surface area contributed by atoms with Crippen LogP contribution in [-0.2, 0) is 4.79 Å². The van der Waals surface area contributed by atoms with E-state index in [0.29, 0.717) is 12.0 Å². The molecule has 0 aromatic heterocycles. The molecule has 4 unspecified atom stereocenters. The molecule has 4 nitrogen and oxygen atoms in total. The molecule has 19 heavy (non-hydrogen) atoms. The third-order valence-electron chi connectivity index (χ3n) is 4.78. The minimum atomic E-state index is 0.132. The van der Waals surface area contributed by atoms with Gasteiger partial charge in [-0.1, -0.05) is 13.3 Å². The zero-order valence-electron chi connectivity index (χ0n) is 12.4. The number of likely N-dealkylation sites (tertiary alicyclic amines) is 1. The highest BCUT2D eigenvalue weighted by Gasteiger charge is 2.29. The molecule has 4 atom stereocenters. The van der Waals surface area contributed by atoms with Crippen LogP contribution in [0.3, 0.4) is 0 Å². The lowest BCUT2D eigenvalue weighted by molar-refractivity contribution is -0.126. The molecule has 2 rings (SSSR count). The summed E-state index contributed by atoms with van der Waals surface area (Å²) in [6.45, 7) is 4.16. The molecule has 4 heteroatoms. The fourth-order valence-electron chi connectivity index (χ4n) is 3.64. The maximum atomic E-state index is 12.3. The van der Waals surface area contributed by atoms with Crippen molar-refractivity contribution < 1.29 is 4.79 Å². The van der Waals surface area contributed by atoms with Crippen molar-refractivity contribution >= 4 is 5.91 Å². The normalized spacial score (nSPS) is 37.0. The van der Waals surface area contributed by atoms with E-state index in [1.165, 1.54) is 19.3 Å². The minimum absolute atomic E-state index is 0.132. The third-order valence-corrected chi connectivity index (χ3v) is 4.78. The number of carbonyl (C=O) groups excluding carboxylic acids is 1. The van der Waals surface area contributed by atoms with Gasteiger partial charge in [0.05, 0.1) is 0 Å². The van der Waals surface area contributed by atoms with Gasteiger partial charge >= 0.3 is 0 Å². The summed E-state index contributed by atoms with van der Waals surface area (Å²) < 4.78 is 0. The summed E-state index contributed by atoms with van der Waals surface area (Å²) in [6, 6.07) is 0.726. The molecule has 3 N–H and O–H groups in total. The second kappa shape index (κ2) is 6.71. The highest BCUT2D eigenvalue weighted by molar-refractivity contribution is 5.78. The quantitative estimate of drug-likeness (QED) is 0.811. The summed E-state index contributed by atoms with van der Waals surface area (Å²) in [5, 5.41) is 3.16. The number of piperidine rings is 1. The summed E-state index contributed by atoms with van der Waals surface area (Å²) in [5.74, 6) is 0.936. The van der Waals surface area contributed by atoms with Crippen LogP contribution in [-0.4, -0.2) is 43.0 Å². The monoisotopic (exact) mass is 267 g/mol. The molecule has 0 radical (unpaired) electrons. The van der Waals surface area contributed by atoms with Gasteiger partial charge < -0.3 is 16.0 Å². The van der Waals surface area contributed by atoms with Gasteiger partial charge in [-0.25, -0.2) is 0 Å². The number of hydrogen-bond donors (Lipinski definition) is 2. The highest BCUT2D eigenvalue weighted by Crippen LogP contribution is 2.28. The van der Waals surface area contributed by atoms with Gasteiger partial charge in [0.15, 0.2) is 0 Å². The van der Waals surface area contributed by atoms with Crippen molar-refractivity contribution in [1.82, 2.24) is 10.2 Å². The van der Waals surface area contributed by atoms with E-state index in [1.54, 1.807) is 0 Å². The Kier molecular flexibility index (Phi) is 5.22. The largest absolute Gasteiger partial charge is 0.354 e. The summed E-state index contributed by atoms with van der Waals surface area (Å²) in [4.78, 5) is 14.6. The Hall–Kier alpha value is -0.610. The van der Waals surface area contributed by atoms with E-state index < -0.39 is 0 Å². The van der Waals surface area contributed by atoms with Crippen LogP contribution >= 0.6 is 0 Å². The molecule has 1 heterocycles. The first-order valence-corrected chi connectivity index (χ1v) is 7.79. The molecule has 110 valence electrons. The predicted molar refractivity (Wildman–Crippen MR) is 77.8 cm³/mol. The van der Waals surface area contributed by atoms with E-state index in [0.717, 1.165) is 32.4 Å². The second-order valence-corrected chi connectivity index (χ2v) is 6.64. The lowest BCUT2D eigenvalue weighted by atomic mass is 9.79. The first kappa shape index (κ1) is 14.8. The Bertz CT molecular complexity index is 298. The van der Waals surface area contributed by atoms with E-state index in [-0.39, 0.29) is 17.9 Å². The lowest BCUT2D eigenvalue weighted by Gasteiger charge is -2.34. The molecule has 1 aliphatic heterocycles. The van der Waals surface area contributed by atoms with Gasteiger partial charge in [-0.05, 0) is 51.6 Å². The number of nitrogens with zero attached hydrogens (tertiary/aromatic N) is 1. The van der Waals surface area contributed by atoms with Crippen molar-refractivity contribution in [2.45, 2.75) is 57.5 Å². The zero-order valence-corrected chi connectivity index (χ0v) is 12.4. The van der Waals surface area contributed by atoms with Gasteiger partial charge in [-0.15, -0.1) is 0 Å². The van der Waals surface area contributed by atoms with E-state index in [9.17, 15) is 4.79 Å². The van der Waals surface area contributed by atoms with Crippen molar-refractivity contribution in [1.29, 1.82) is 0 Å². The summed E-state index contributed by atoms with van der Waals surface area (Å²) in [7, 11) is 2.16. The van der Waals surface area contributed by atoms with Crippen LogP contribution in [0.1, 0.15) is 45.4 Å². The molecule has 0 bridgehead atoms.